The van der Waals surface area contributed by atoms with E-state index in [0.717, 1.165) is 14.1 Å². The zero-order chi connectivity index (χ0) is 27.8. The lowest BCUT2D eigenvalue weighted by Gasteiger charge is -2.21. The van der Waals surface area contributed by atoms with E-state index in [2.05, 4.69) is 20.3 Å². The van der Waals surface area contributed by atoms with E-state index in [0.29, 0.717) is 27.4 Å². The van der Waals surface area contributed by atoms with E-state index >= 15 is 0 Å². The van der Waals surface area contributed by atoms with E-state index in [1.807, 2.05) is 44.2 Å². The van der Waals surface area contributed by atoms with Crippen LogP contribution in [-0.2, 0) is 9.53 Å². The van der Waals surface area contributed by atoms with Crippen LogP contribution in [0.4, 0.5) is 9.52 Å². The molecular weight excluding hydrogens is 576 g/mol. The Kier molecular flexibility index (Phi) is 10.0. The Morgan fingerprint density at radius 3 is 2.54 bits per heavy atom. The number of nitrogens with zero attached hydrogens (tertiary/aromatic N) is 3. The predicted octanol–water partition coefficient (Wildman–Crippen LogP) is 7.31. The van der Waals surface area contributed by atoms with Crippen LogP contribution in [0.2, 0.25) is 0 Å². The molecule has 12 heteroatoms. The van der Waals surface area contributed by atoms with Crippen LogP contribution in [0, 0.1) is 11.2 Å². The molecule has 0 radical (unpaired) electrons. The molecule has 202 valence electrons. The van der Waals surface area contributed by atoms with Crippen LogP contribution in [0.25, 0.3) is 0 Å². The van der Waals surface area contributed by atoms with Crippen molar-refractivity contribution in [2.75, 3.05) is 17.7 Å². The first-order chi connectivity index (χ1) is 18.7. The Bertz CT molecular complexity index is 1430. The van der Waals surface area contributed by atoms with Gasteiger partial charge in [-0.3, -0.25) is 14.9 Å². The highest BCUT2D eigenvalue weighted by Gasteiger charge is 2.29. The smallest absolute Gasteiger partial charge is 0.312 e. The number of aromatic nitrogens is 3. The monoisotopic (exact) mass is 600 g/mol. The number of hydrogen-bond donors (Lipinski definition) is 1. The van der Waals surface area contributed by atoms with Gasteiger partial charge in [0.15, 0.2) is 5.13 Å². The number of anilines is 1. The largest absolute Gasteiger partial charge is 0.466 e. The molecule has 3 heterocycles. The summed E-state index contributed by atoms with van der Waals surface area (Å²) in [7, 11) is 0. The lowest BCUT2D eigenvalue weighted by atomic mass is 9.97. The minimum atomic E-state index is -0.657. The summed E-state index contributed by atoms with van der Waals surface area (Å²) in [5, 5.41) is 4.63. The molecule has 0 saturated carbocycles. The van der Waals surface area contributed by atoms with Crippen molar-refractivity contribution < 1.29 is 18.7 Å². The summed E-state index contributed by atoms with van der Waals surface area (Å²) in [5.41, 5.74) is -0.436. The third-order valence-electron chi connectivity index (χ3n) is 5.04. The normalized spacial score (nSPS) is 11.3. The van der Waals surface area contributed by atoms with Gasteiger partial charge in [-0.1, -0.05) is 40.9 Å². The van der Waals surface area contributed by atoms with Crippen molar-refractivity contribution in [1.82, 2.24) is 15.0 Å². The zero-order valence-electron chi connectivity index (χ0n) is 21.3. The van der Waals surface area contributed by atoms with Gasteiger partial charge in [-0.05, 0) is 69.3 Å². The SMILES string of the molecule is CCOC(=O)C(C)(C)CSc1cnc(NC(=O)c2nc(Sc3ccccn3)ccc2Sc2ccc(F)cc2)s1. The van der Waals surface area contributed by atoms with E-state index in [9.17, 15) is 14.0 Å². The van der Waals surface area contributed by atoms with Crippen LogP contribution in [0.5, 0.6) is 0 Å². The van der Waals surface area contributed by atoms with Crippen molar-refractivity contribution in [2.45, 2.75) is 44.8 Å². The van der Waals surface area contributed by atoms with E-state index in [-0.39, 0.29) is 17.5 Å². The van der Waals surface area contributed by atoms with Gasteiger partial charge in [0, 0.05) is 21.7 Å². The van der Waals surface area contributed by atoms with E-state index in [1.165, 1.54) is 58.8 Å². The first-order valence-corrected chi connectivity index (χ1v) is 15.3. The molecule has 0 spiro atoms. The third kappa shape index (κ3) is 8.28. The Labute approximate surface area is 242 Å². The van der Waals surface area contributed by atoms with E-state index in [1.54, 1.807) is 31.5 Å². The number of thioether (sulfide) groups is 1. The number of ether oxygens (including phenoxy) is 1. The maximum Gasteiger partial charge on any atom is 0.312 e. The van der Waals surface area contributed by atoms with Crippen molar-refractivity contribution in [3.63, 3.8) is 0 Å². The fourth-order valence-electron chi connectivity index (χ4n) is 3.05. The molecule has 1 amide bonds. The van der Waals surface area contributed by atoms with Gasteiger partial charge in [0.2, 0.25) is 0 Å². The molecule has 0 atom stereocenters. The lowest BCUT2D eigenvalue weighted by Crippen LogP contribution is -2.29. The number of nitrogens with one attached hydrogen (secondary N) is 1. The summed E-state index contributed by atoms with van der Waals surface area (Å²) in [5.74, 6) is -0.494. The number of carbonyl (C=O) groups excluding carboxylic acids is 2. The molecule has 0 aliphatic carbocycles. The third-order valence-corrected chi connectivity index (χ3v) is 9.56. The van der Waals surface area contributed by atoms with Gasteiger partial charge in [0.1, 0.15) is 21.6 Å². The minimum Gasteiger partial charge on any atom is -0.466 e. The van der Waals surface area contributed by atoms with Gasteiger partial charge >= 0.3 is 5.97 Å². The number of carbonyl (C=O) groups is 2. The van der Waals surface area contributed by atoms with Crippen molar-refractivity contribution in [3.8, 4) is 0 Å². The van der Waals surface area contributed by atoms with Crippen molar-refractivity contribution in [2.24, 2.45) is 5.41 Å². The van der Waals surface area contributed by atoms with Crippen LogP contribution < -0.4 is 5.32 Å². The molecule has 3 aromatic heterocycles. The molecule has 4 rings (SSSR count). The standard InChI is InChI=1S/C27H25FN4O3S4/c1-4-35-25(34)27(2,3)16-36-22-15-30-26(39-22)32-24(33)23-19(37-18-10-8-17(28)9-11-18)12-13-21(31-23)38-20-7-5-6-14-29-20/h5-15H,4,16H2,1-3H3,(H,30,32,33). The number of hydrogen-bond acceptors (Lipinski definition) is 10. The molecule has 1 aromatic carbocycles. The highest BCUT2D eigenvalue weighted by Crippen LogP contribution is 2.36. The lowest BCUT2D eigenvalue weighted by molar-refractivity contribution is -0.152. The maximum atomic E-state index is 13.4. The van der Waals surface area contributed by atoms with Gasteiger partial charge in [0.25, 0.3) is 5.91 Å². The van der Waals surface area contributed by atoms with E-state index in [4.69, 9.17) is 4.74 Å². The molecule has 0 bridgehead atoms. The second-order valence-corrected chi connectivity index (χ2v) is 13.1. The summed E-state index contributed by atoms with van der Waals surface area (Å²) < 4.78 is 19.4. The second kappa shape index (κ2) is 13.4. The van der Waals surface area contributed by atoms with Crippen LogP contribution in [0.3, 0.4) is 0 Å². The van der Waals surface area contributed by atoms with Gasteiger partial charge < -0.3 is 4.74 Å². The molecule has 39 heavy (non-hydrogen) atoms. The number of benzene rings is 1. The molecule has 0 unspecified atom stereocenters. The quantitative estimate of drug-likeness (QED) is 0.140. The molecule has 0 fully saturated rings. The van der Waals surface area contributed by atoms with Crippen LogP contribution in [0.15, 0.2) is 91.0 Å². The van der Waals surface area contributed by atoms with Crippen LogP contribution in [-0.4, -0.2) is 39.2 Å². The van der Waals surface area contributed by atoms with Gasteiger partial charge in [-0.2, -0.15) is 0 Å². The first kappa shape index (κ1) is 29.1. The van der Waals surface area contributed by atoms with Gasteiger partial charge in [-0.15, -0.1) is 11.8 Å². The zero-order valence-corrected chi connectivity index (χ0v) is 24.6. The fourth-order valence-corrected chi connectivity index (χ4v) is 6.64. The Morgan fingerprint density at radius 1 is 1.03 bits per heavy atom. The summed E-state index contributed by atoms with van der Waals surface area (Å²) in [6.07, 6.45) is 3.36. The predicted molar refractivity (Wildman–Crippen MR) is 154 cm³/mol. The van der Waals surface area contributed by atoms with E-state index < -0.39 is 11.3 Å². The molecule has 4 aromatic rings. The molecule has 7 nitrogen and oxygen atoms in total. The molecular formula is C27H25FN4O3S4. The van der Waals surface area contributed by atoms with Gasteiger partial charge in [0.05, 0.1) is 22.4 Å². The number of pyridine rings is 2. The minimum absolute atomic E-state index is 0.220. The first-order valence-electron chi connectivity index (χ1n) is 11.8. The summed E-state index contributed by atoms with van der Waals surface area (Å²) >= 11 is 5.46. The second-order valence-electron chi connectivity index (χ2n) is 8.65. The number of amides is 1. The number of esters is 1. The highest BCUT2D eigenvalue weighted by atomic mass is 32.2. The Hall–Kier alpha value is -2.93. The molecule has 0 aliphatic rings. The summed E-state index contributed by atoms with van der Waals surface area (Å²) in [4.78, 5) is 40.2. The molecule has 1 N–H and O–H groups in total. The van der Waals surface area contributed by atoms with Gasteiger partial charge in [-0.25, -0.2) is 19.3 Å². The number of halogens is 1. The van der Waals surface area contributed by atoms with Crippen molar-refractivity contribution >= 4 is 63.6 Å². The van der Waals surface area contributed by atoms with Crippen molar-refractivity contribution in [3.05, 3.63) is 78.5 Å². The Morgan fingerprint density at radius 2 is 1.82 bits per heavy atom. The Balaban J connectivity index is 1.51. The average molecular weight is 601 g/mol. The number of thiazole rings is 1. The van der Waals surface area contributed by atoms with Crippen LogP contribution in [0.1, 0.15) is 31.3 Å². The summed E-state index contributed by atoms with van der Waals surface area (Å²) in [6.45, 7) is 5.79. The van der Waals surface area contributed by atoms with Crippen molar-refractivity contribution in [1.29, 1.82) is 0 Å². The molecule has 0 saturated heterocycles. The topological polar surface area (TPSA) is 94.1 Å². The highest BCUT2D eigenvalue weighted by molar-refractivity contribution is 8.01. The summed E-state index contributed by atoms with van der Waals surface area (Å²) in [6, 6.07) is 15.3. The molecule has 0 aliphatic heterocycles. The fraction of sp³-hybridized carbons (Fsp3) is 0.222. The maximum absolute atomic E-state index is 13.4. The number of rotatable bonds is 11. The van der Waals surface area contributed by atoms with Crippen LogP contribution >= 0.6 is 46.6 Å². The average Bonchev–Trinajstić information content (AvgIpc) is 3.37.